The summed E-state index contributed by atoms with van der Waals surface area (Å²) in [5.41, 5.74) is 2.68. The zero-order valence-corrected chi connectivity index (χ0v) is 22.3. The Kier molecular flexibility index (Phi) is 8.20. The highest BCUT2D eigenvalue weighted by Gasteiger charge is 2.48. The number of ether oxygens (including phenoxy) is 4. The fraction of sp³-hybridized carbons (Fsp3) is 0.250. The molecule has 0 aliphatic carbocycles. The van der Waals surface area contributed by atoms with Gasteiger partial charge in [-0.3, -0.25) is 9.78 Å². The number of hydrogen-bond donors (Lipinski definition) is 2. The molecule has 2 N–H and O–H groups in total. The van der Waals surface area contributed by atoms with Crippen LogP contribution in [-0.4, -0.2) is 39.5 Å². The van der Waals surface area contributed by atoms with Crippen LogP contribution in [-0.2, 0) is 38.8 Å². The van der Waals surface area contributed by atoms with Crippen LogP contribution in [0.3, 0.4) is 0 Å². The summed E-state index contributed by atoms with van der Waals surface area (Å²) in [6.07, 6.45) is -0.590. The van der Waals surface area contributed by atoms with Crippen molar-refractivity contribution in [1.29, 1.82) is 0 Å². The van der Waals surface area contributed by atoms with Gasteiger partial charge in [-0.05, 0) is 22.8 Å². The van der Waals surface area contributed by atoms with Gasteiger partial charge in [0.05, 0.1) is 31.9 Å². The molecular formula is C32H31N3O6. The predicted molar refractivity (Wildman–Crippen MR) is 153 cm³/mol. The summed E-state index contributed by atoms with van der Waals surface area (Å²) >= 11 is 0. The lowest BCUT2D eigenvalue weighted by atomic mass is 10.1. The van der Waals surface area contributed by atoms with Crippen molar-refractivity contribution < 1.29 is 18.9 Å². The van der Waals surface area contributed by atoms with Crippen molar-refractivity contribution >= 4 is 11.0 Å². The lowest BCUT2D eigenvalue weighted by Crippen LogP contribution is -2.38. The van der Waals surface area contributed by atoms with Crippen LogP contribution in [0.1, 0.15) is 22.9 Å². The summed E-state index contributed by atoms with van der Waals surface area (Å²) in [5, 5.41) is 0. The Labute approximate surface area is 236 Å². The molecule has 1 saturated heterocycles. The van der Waals surface area contributed by atoms with E-state index in [0.717, 1.165) is 16.7 Å². The van der Waals surface area contributed by atoms with Crippen LogP contribution < -0.4 is 11.2 Å². The lowest BCUT2D eigenvalue weighted by molar-refractivity contribution is -0.0913. The quantitative estimate of drug-likeness (QED) is 0.253. The molecule has 9 nitrogen and oxygen atoms in total. The average Bonchev–Trinajstić information content (AvgIpc) is 3.57. The number of aromatic amines is 2. The summed E-state index contributed by atoms with van der Waals surface area (Å²) in [6.45, 7) is 1.34. The Balaban J connectivity index is 1.32. The van der Waals surface area contributed by atoms with Crippen LogP contribution in [0.5, 0.6) is 0 Å². The smallest absolute Gasteiger partial charge is 0.326 e. The van der Waals surface area contributed by atoms with E-state index in [1.165, 1.54) is 0 Å². The molecule has 0 amide bonds. The average molecular weight is 554 g/mol. The summed E-state index contributed by atoms with van der Waals surface area (Å²) in [6, 6.07) is 31.4. The van der Waals surface area contributed by atoms with Crippen LogP contribution in [0.2, 0.25) is 0 Å². The Hall–Kier alpha value is -4.28. The Morgan fingerprint density at radius 1 is 0.683 bits per heavy atom. The molecule has 3 aromatic carbocycles. The van der Waals surface area contributed by atoms with Crippen LogP contribution in [0.15, 0.2) is 113 Å². The van der Waals surface area contributed by atoms with E-state index in [0.29, 0.717) is 25.3 Å². The first-order valence-electron chi connectivity index (χ1n) is 13.6. The SMILES string of the molecule is O=c1[nH]c(=O)c2c(ccn2[C@@H]2O[C@H](COCc3ccccc3)[C@@H](OCc3ccccc3)[C@@H]2OCc2ccccc2)[nH]1. The second-order valence-electron chi connectivity index (χ2n) is 9.98. The maximum absolute atomic E-state index is 12.9. The molecule has 0 saturated carbocycles. The summed E-state index contributed by atoms with van der Waals surface area (Å²) in [4.78, 5) is 29.8. The molecule has 0 spiro atoms. The number of nitrogens with one attached hydrogen (secondary N) is 2. The highest BCUT2D eigenvalue weighted by molar-refractivity contribution is 5.74. The van der Waals surface area contributed by atoms with Gasteiger partial charge in [0, 0.05) is 6.20 Å². The molecule has 3 heterocycles. The first-order valence-corrected chi connectivity index (χ1v) is 13.6. The fourth-order valence-corrected chi connectivity index (χ4v) is 5.16. The van der Waals surface area contributed by atoms with Crippen molar-refractivity contribution in [3.63, 3.8) is 0 Å². The molecule has 41 heavy (non-hydrogen) atoms. The van der Waals surface area contributed by atoms with E-state index in [-0.39, 0.29) is 12.1 Å². The third-order valence-electron chi connectivity index (χ3n) is 7.13. The van der Waals surface area contributed by atoms with Crippen molar-refractivity contribution in [3.8, 4) is 0 Å². The monoisotopic (exact) mass is 553 g/mol. The van der Waals surface area contributed by atoms with Gasteiger partial charge in [0.2, 0.25) is 0 Å². The van der Waals surface area contributed by atoms with Crippen LogP contribution in [0.25, 0.3) is 11.0 Å². The maximum Gasteiger partial charge on any atom is 0.326 e. The van der Waals surface area contributed by atoms with Gasteiger partial charge in [0.25, 0.3) is 5.56 Å². The molecule has 1 aliphatic heterocycles. The van der Waals surface area contributed by atoms with E-state index < -0.39 is 35.8 Å². The first-order chi connectivity index (χ1) is 20.2. The second-order valence-corrected chi connectivity index (χ2v) is 9.98. The largest absolute Gasteiger partial charge is 0.374 e. The van der Waals surface area contributed by atoms with E-state index in [1.807, 2.05) is 91.0 Å². The minimum absolute atomic E-state index is 0.252. The number of nitrogens with zero attached hydrogens (tertiary/aromatic N) is 1. The minimum Gasteiger partial charge on any atom is -0.374 e. The first kappa shape index (κ1) is 26.9. The number of aromatic nitrogens is 3. The Morgan fingerprint density at radius 3 is 1.85 bits per heavy atom. The third kappa shape index (κ3) is 6.23. The van der Waals surface area contributed by atoms with Gasteiger partial charge in [-0.1, -0.05) is 91.0 Å². The normalized spacial score (nSPS) is 20.5. The third-order valence-corrected chi connectivity index (χ3v) is 7.13. The highest BCUT2D eigenvalue weighted by Crippen LogP contribution is 2.36. The van der Waals surface area contributed by atoms with E-state index in [1.54, 1.807) is 16.8 Å². The predicted octanol–water partition coefficient (Wildman–Crippen LogP) is 4.30. The highest BCUT2D eigenvalue weighted by atomic mass is 16.6. The maximum atomic E-state index is 12.9. The number of H-pyrrole nitrogens is 2. The fourth-order valence-electron chi connectivity index (χ4n) is 5.16. The minimum atomic E-state index is -0.714. The molecule has 5 aromatic rings. The molecule has 6 rings (SSSR count). The number of fused-ring (bicyclic) bond motifs is 1. The van der Waals surface area contributed by atoms with Gasteiger partial charge in [-0.25, -0.2) is 4.79 Å². The molecule has 9 heteroatoms. The van der Waals surface area contributed by atoms with Crippen molar-refractivity contribution in [2.75, 3.05) is 6.61 Å². The van der Waals surface area contributed by atoms with E-state index in [9.17, 15) is 9.59 Å². The molecule has 0 radical (unpaired) electrons. The summed E-state index contributed by atoms with van der Waals surface area (Å²) in [7, 11) is 0. The zero-order valence-electron chi connectivity index (χ0n) is 22.3. The van der Waals surface area contributed by atoms with Gasteiger partial charge >= 0.3 is 5.69 Å². The number of hydrogen-bond acceptors (Lipinski definition) is 6. The Bertz CT molecular complexity index is 1670. The van der Waals surface area contributed by atoms with Crippen LogP contribution in [0, 0.1) is 0 Å². The van der Waals surface area contributed by atoms with Crippen molar-refractivity contribution in [3.05, 3.63) is 141 Å². The van der Waals surface area contributed by atoms with Crippen LogP contribution >= 0.6 is 0 Å². The van der Waals surface area contributed by atoms with Gasteiger partial charge < -0.3 is 28.5 Å². The summed E-state index contributed by atoms with van der Waals surface area (Å²) in [5.74, 6) is 0. The topological polar surface area (TPSA) is 108 Å². The molecule has 2 aromatic heterocycles. The van der Waals surface area contributed by atoms with Crippen molar-refractivity contribution in [2.45, 2.75) is 44.4 Å². The zero-order chi connectivity index (χ0) is 28.0. The second kappa shape index (κ2) is 12.5. The Morgan fingerprint density at radius 2 is 1.24 bits per heavy atom. The number of rotatable bonds is 11. The van der Waals surface area contributed by atoms with Gasteiger partial charge in [-0.15, -0.1) is 0 Å². The molecule has 0 bridgehead atoms. The van der Waals surface area contributed by atoms with Crippen LogP contribution in [0.4, 0.5) is 0 Å². The van der Waals surface area contributed by atoms with E-state index in [2.05, 4.69) is 9.97 Å². The standard InChI is InChI=1S/C32H31N3O6/c36-30-27-25(33-32(37)34-30)16-17-35(27)31-29(40-20-24-14-8-3-9-15-24)28(39-19-23-12-6-2-7-13-23)26(41-31)21-38-18-22-10-4-1-5-11-22/h1-17,26,28-29,31H,18-21H2,(H2,33,34,36,37)/t26-,28-,29+,31-/m1/s1. The van der Waals surface area contributed by atoms with Gasteiger partial charge in [-0.2, -0.15) is 0 Å². The molecule has 210 valence electrons. The molecule has 1 aliphatic rings. The molecule has 1 fully saturated rings. The van der Waals surface area contributed by atoms with E-state index in [4.69, 9.17) is 18.9 Å². The van der Waals surface area contributed by atoms with E-state index >= 15 is 0 Å². The van der Waals surface area contributed by atoms with Crippen molar-refractivity contribution in [1.82, 2.24) is 14.5 Å². The molecule has 0 unspecified atom stereocenters. The summed E-state index contributed by atoms with van der Waals surface area (Å²) < 4.78 is 27.4. The molecule has 4 atom stereocenters. The number of benzene rings is 3. The van der Waals surface area contributed by atoms with Gasteiger partial charge in [0.15, 0.2) is 6.23 Å². The van der Waals surface area contributed by atoms with Gasteiger partial charge in [0.1, 0.15) is 23.8 Å². The molecular weight excluding hydrogens is 522 g/mol. The lowest BCUT2D eigenvalue weighted by Gasteiger charge is -2.26. The van der Waals surface area contributed by atoms with Crippen molar-refractivity contribution in [2.24, 2.45) is 0 Å².